The van der Waals surface area contributed by atoms with Crippen LogP contribution in [0.15, 0.2) is 42.6 Å². The minimum absolute atomic E-state index is 0.00959. The molecule has 5 amide bonds. The van der Waals surface area contributed by atoms with Crippen LogP contribution in [0.4, 0.5) is 0 Å². The third kappa shape index (κ3) is 11.6. The first-order valence-electron chi connectivity index (χ1n) is 19.1. The van der Waals surface area contributed by atoms with Crippen molar-refractivity contribution >= 4 is 52.4 Å². The van der Waals surface area contributed by atoms with E-state index >= 15 is 0 Å². The Balaban J connectivity index is 1.45. The van der Waals surface area contributed by atoms with Crippen LogP contribution in [-0.2, 0) is 35.2 Å². The number of fused-ring (bicyclic) bond motifs is 1. The Morgan fingerprint density at radius 2 is 1.33 bits per heavy atom. The van der Waals surface area contributed by atoms with Crippen molar-refractivity contribution in [2.45, 2.75) is 90.4 Å². The SMILES string of the molecule is CC(C)[C@@H](NC(=O)[C@H](CC(=O)O)NC(=O)[C@H](NC(=O)[C@H](Cc1c[nH]c2ccccc12)NC(=O)C1CCC(CNC(=O)c2cc(O)c(O)c(O)c2)CC1)C(C)C)C(=O)O. The standard InChI is InChI=1S/C40H52N6O12/c1-19(2)32(39(56)44-28(16-31(49)50)38(55)46-33(20(3)4)40(57)58)45-37(54)27(13-24-18-41-26-8-6-5-7-25(24)26)43-36(53)22-11-9-21(10-12-22)17-42-35(52)23-14-29(47)34(51)30(48)15-23/h5-8,14-15,18-22,27-28,32-33,41,47-48,51H,9-13,16-17H2,1-4H3,(H,42,52)(H,43,53)(H,44,56)(H,45,54)(H,46,55)(H,49,50)(H,57,58)/t21?,22?,27-,28-,32+,33+/m0/s1. The summed E-state index contributed by atoms with van der Waals surface area (Å²) >= 11 is 0. The third-order valence-electron chi connectivity index (χ3n) is 10.3. The van der Waals surface area contributed by atoms with Crippen molar-refractivity contribution in [1.29, 1.82) is 0 Å². The number of rotatable bonds is 18. The summed E-state index contributed by atoms with van der Waals surface area (Å²) in [6.45, 7) is 6.62. The number of carboxylic acid groups (broad SMARTS) is 2. The Kier molecular flexibility index (Phi) is 15.1. The fourth-order valence-corrected chi connectivity index (χ4v) is 6.92. The zero-order valence-corrected chi connectivity index (χ0v) is 32.7. The third-order valence-corrected chi connectivity index (χ3v) is 10.3. The Hall–Kier alpha value is -6.33. The molecule has 0 radical (unpaired) electrons. The molecule has 1 fully saturated rings. The topological polar surface area (TPSA) is 297 Å². The molecule has 58 heavy (non-hydrogen) atoms. The highest BCUT2D eigenvalue weighted by Crippen LogP contribution is 2.35. The molecule has 0 saturated heterocycles. The molecule has 1 aliphatic rings. The molecule has 0 spiro atoms. The number of hydrogen-bond donors (Lipinski definition) is 11. The molecule has 0 aliphatic heterocycles. The second-order valence-corrected chi connectivity index (χ2v) is 15.4. The molecule has 1 saturated carbocycles. The van der Waals surface area contributed by atoms with E-state index in [1.165, 1.54) is 0 Å². The number of aromatic amines is 1. The van der Waals surface area contributed by atoms with Crippen LogP contribution in [0, 0.1) is 23.7 Å². The van der Waals surface area contributed by atoms with Crippen molar-refractivity contribution in [3.05, 3.63) is 53.7 Å². The predicted octanol–water partition coefficient (Wildman–Crippen LogP) is 1.87. The minimum Gasteiger partial charge on any atom is -0.504 e. The molecule has 1 aliphatic carbocycles. The van der Waals surface area contributed by atoms with Gasteiger partial charge in [-0.15, -0.1) is 0 Å². The molecule has 2 aromatic carbocycles. The van der Waals surface area contributed by atoms with E-state index < -0.39 is 101 Å². The van der Waals surface area contributed by atoms with Gasteiger partial charge in [0.25, 0.3) is 5.91 Å². The maximum Gasteiger partial charge on any atom is 0.326 e. The Labute approximate surface area is 334 Å². The summed E-state index contributed by atoms with van der Waals surface area (Å²) in [6, 6.07) is 3.97. The first kappa shape index (κ1) is 44.4. The van der Waals surface area contributed by atoms with Gasteiger partial charge >= 0.3 is 11.9 Å². The minimum atomic E-state index is -1.66. The van der Waals surface area contributed by atoms with Crippen molar-refractivity contribution in [2.75, 3.05) is 6.54 Å². The molecule has 0 bridgehead atoms. The second-order valence-electron chi connectivity index (χ2n) is 15.4. The smallest absolute Gasteiger partial charge is 0.326 e. The van der Waals surface area contributed by atoms with Crippen molar-refractivity contribution < 1.29 is 59.1 Å². The van der Waals surface area contributed by atoms with E-state index in [-0.39, 0.29) is 30.4 Å². The summed E-state index contributed by atoms with van der Waals surface area (Å²) in [5, 5.41) is 61.8. The summed E-state index contributed by atoms with van der Waals surface area (Å²) in [5.74, 6) is -9.95. The number of H-pyrrole nitrogens is 1. The van der Waals surface area contributed by atoms with Gasteiger partial charge in [0, 0.05) is 41.5 Å². The molecule has 4 atom stereocenters. The van der Waals surface area contributed by atoms with Gasteiger partial charge in [0.2, 0.25) is 23.6 Å². The summed E-state index contributed by atoms with van der Waals surface area (Å²) in [4.78, 5) is 93.7. The van der Waals surface area contributed by atoms with Gasteiger partial charge in [0.15, 0.2) is 17.2 Å². The van der Waals surface area contributed by atoms with Crippen LogP contribution in [0.2, 0.25) is 0 Å². The summed E-state index contributed by atoms with van der Waals surface area (Å²) in [5.41, 5.74) is 1.48. The van der Waals surface area contributed by atoms with Gasteiger partial charge in [-0.3, -0.25) is 28.8 Å². The van der Waals surface area contributed by atoms with Crippen LogP contribution in [0.5, 0.6) is 17.2 Å². The van der Waals surface area contributed by atoms with E-state index in [9.17, 15) is 59.1 Å². The molecule has 1 aromatic heterocycles. The van der Waals surface area contributed by atoms with Gasteiger partial charge in [0.1, 0.15) is 24.2 Å². The van der Waals surface area contributed by atoms with Crippen LogP contribution >= 0.6 is 0 Å². The molecule has 18 heteroatoms. The highest BCUT2D eigenvalue weighted by molar-refractivity contribution is 5.97. The Morgan fingerprint density at radius 1 is 0.741 bits per heavy atom. The van der Waals surface area contributed by atoms with E-state index in [1.807, 2.05) is 24.3 Å². The maximum atomic E-state index is 14.1. The number of amides is 5. The number of hydrogen-bond acceptors (Lipinski definition) is 10. The number of nitrogens with one attached hydrogen (secondary N) is 6. The molecule has 314 valence electrons. The Morgan fingerprint density at radius 3 is 1.91 bits per heavy atom. The summed E-state index contributed by atoms with van der Waals surface area (Å²) < 4.78 is 0. The van der Waals surface area contributed by atoms with E-state index in [2.05, 4.69) is 31.6 Å². The molecule has 4 rings (SSSR count). The molecule has 11 N–H and O–H groups in total. The number of carbonyl (C=O) groups is 7. The van der Waals surface area contributed by atoms with Crippen molar-refractivity contribution in [2.24, 2.45) is 23.7 Å². The maximum absolute atomic E-state index is 14.1. The van der Waals surface area contributed by atoms with E-state index in [0.717, 1.165) is 23.0 Å². The number of aromatic nitrogens is 1. The fraction of sp³-hybridized carbons (Fsp3) is 0.475. The van der Waals surface area contributed by atoms with Crippen molar-refractivity contribution in [1.82, 2.24) is 31.6 Å². The largest absolute Gasteiger partial charge is 0.504 e. The molecular weight excluding hydrogens is 756 g/mol. The lowest BCUT2D eigenvalue weighted by Crippen LogP contribution is -2.60. The average molecular weight is 809 g/mol. The van der Waals surface area contributed by atoms with E-state index in [4.69, 9.17) is 0 Å². The molecule has 0 unspecified atom stereocenters. The monoisotopic (exact) mass is 808 g/mol. The summed E-state index contributed by atoms with van der Waals surface area (Å²) in [7, 11) is 0. The van der Waals surface area contributed by atoms with Gasteiger partial charge in [-0.1, -0.05) is 45.9 Å². The van der Waals surface area contributed by atoms with Gasteiger partial charge in [-0.05, 0) is 67.2 Å². The second kappa shape index (κ2) is 19.7. The number of phenolic OH excluding ortho intramolecular Hbond substituents is 3. The van der Waals surface area contributed by atoms with E-state index in [0.29, 0.717) is 31.2 Å². The highest BCUT2D eigenvalue weighted by atomic mass is 16.4. The van der Waals surface area contributed by atoms with Gasteiger partial charge in [-0.2, -0.15) is 0 Å². The van der Waals surface area contributed by atoms with Crippen molar-refractivity contribution in [3.63, 3.8) is 0 Å². The predicted molar refractivity (Wildman–Crippen MR) is 209 cm³/mol. The van der Waals surface area contributed by atoms with Crippen LogP contribution in [-0.4, -0.2) is 103 Å². The number of carbonyl (C=O) groups excluding carboxylic acids is 5. The average Bonchev–Trinajstić information content (AvgIpc) is 3.58. The zero-order valence-electron chi connectivity index (χ0n) is 32.7. The molecule has 3 aromatic rings. The Bertz CT molecular complexity index is 1980. The van der Waals surface area contributed by atoms with Gasteiger partial charge < -0.3 is 57.1 Å². The fourth-order valence-electron chi connectivity index (χ4n) is 6.92. The first-order chi connectivity index (χ1) is 27.4. The summed E-state index contributed by atoms with van der Waals surface area (Å²) in [6.07, 6.45) is 2.91. The first-order valence-corrected chi connectivity index (χ1v) is 19.1. The molecule has 18 nitrogen and oxygen atoms in total. The zero-order chi connectivity index (χ0) is 42.8. The van der Waals surface area contributed by atoms with Crippen molar-refractivity contribution in [3.8, 4) is 17.2 Å². The van der Waals surface area contributed by atoms with E-state index in [1.54, 1.807) is 33.9 Å². The number of benzene rings is 2. The number of carboxylic acids is 2. The molecular formula is C40H52N6O12. The van der Waals surface area contributed by atoms with Gasteiger partial charge in [0.05, 0.1) is 6.42 Å². The van der Waals surface area contributed by atoms with Gasteiger partial charge in [-0.25, -0.2) is 4.79 Å². The highest BCUT2D eigenvalue weighted by Gasteiger charge is 2.36. The van der Waals surface area contributed by atoms with Crippen LogP contribution in [0.3, 0.4) is 0 Å². The number of aliphatic carboxylic acids is 2. The van der Waals surface area contributed by atoms with Crippen LogP contribution in [0.25, 0.3) is 10.9 Å². The lowest BCUT2D eigenvalue weighted by atomic mass is 9.81. The number of aromatic hydroxyl groups is 3. The van der Waals surface area contributed by atoms with Crippen LogP contribution in [0.1, 0.15) is 75.7 Å². The normalized spacial score (nSPS) is 17.4. The van der Waals surface area contributed by atoms with Crippen LogP contribution < -0.4 is 26.6 Å². The lowest BCUT2D eigenvalue weighted by molar-refractivity contribution is -0.144. The number of phenols is 3. The quantitative estimate of drug-likeness (QED) is 0.0822. The number of para-hydroxylation sites is 1. The lowest BCUT2D eigenvalue weighted by Gasteiger charge is -2.30. The molecule has 1 heterocycles.